The zero-order valence-corrected chi connectivity index (χ0v) is 18.6. The molecule has 2 aliphatic rings. The van der Waals surface area contributed by atoms with Gasteiger partial charge < -0.3 is 30.0 Å². The standard InChI is InChI=1S/C24H27FN2O6/c1-14-17(25)4-3-5-19(14)32-13-24(2)16(12-21(26)29)23(30)22-18(28)10-15(11-20(22)33-24)27-6-8-31-9-7-27/h3-5,10-11,16,28H,6-9,12-13H2,1-2H3,(H2,26,29). The maximum absolute atomic E-state index is 13.9. The summed E-state index contributed by atoms with van der Waals surface area (Å²) >= 11 is 0. The number of phenolic OH excluding ortho intramolecular Hbond substituents is 1. The Kier molecular flexibility index (Phi) is 6.16. The van der Waals surface area contributed by atoms with Gasteiger partial charge in [0.1, 0.15) is 35.2 Å². The van der Waals surface area contributed by atoms with Crippen molar-refractivity contribution in [2.75, 3.05) is 37.8 Å². The predicted octanol–water partition coefficient (Wildman–Crippen LogP) is 2.58. The van der Waals surface area contributed by atoms with Gasteiger partial charge in [0.2, 0.25) is 5.91 Å². The zero-order chi connectivity index (χ0) is 23.8. The summed E-state index contributed by atoms with van der Waals surface area (Å²) in [5.74, 6) is -2.27. The molecule has 2 atom stereocenters. The Morgan fingerprint density at radius 3 is 2.76 bits per heavy atom. The van der Waals surface area contributed by atoms with E-state index in [0.717, 1.165) is 0 Å². The first-order chi connectivity index (χ1) is 15.7. The number of benzene rings is 2. The number of rotatable bonds is 6. The molecule has 3 N–H and O–H groups in total. The fourth-order valence-corrected chi connectivity index (χ4v) is 4.30. The fraction of sp³-hybridized carbons (Fsp3) is 0.417. The molecule has 33 heavy (non-hydrogen) atoms. The largest absolute Gasteiger partial charge is 0.507 e. The van der Waals surface area contributed by atoms with E-state index < -0.39 is 29.0 Å². The number of fused-ring (bicyclic) bond motifs is 1. The number of ketones is 1. The zero-order valence-electron chi connectivity index (χ0n) is 18.6. The van der Waals surface area contributed by atoms with Crippen LogP contribution in [-0.2, 0) is 9.53 Å². The first-order valence-electron chi connectivity index (χ1n) is 10.8. The number of carbonyl (C=O) groups is 2. The molecule has 176 valence electrons. The van der Waals surface area contributed by atoms with Crippen molar-refractivity contribution in [1.82, 2.24) is 0 Å². The number of ether oxygens (including phenoxy) is 3. The SMILES string of the molecule is Cc1c(F)cccc1OCC1(C)Oc2cc(N3CCOCC3)cc(O)c2C(=O)C1CC(N)=O. The molecule has 0 saturated carbocycles. The second kappa shape index (κ2) is 8.90. The normalized spacial score (nSPS) is 22.5. The Labute approximate surface area is 191 Å². The van der Waals surface area contributed by atoms with Crippen LogP contribution in [-0.4, -0.2) is 55.3 Å². The molecule has 9 heteroatoms. The number of morpholine rings is 1. The molecule has 2 aliphatic heterocycles. The van der Waals surface area contributed by atoms with Crippen molar-refractivity contribution in [2.45, 2.75) is 25.9 Å². The lowest BCUT2D eigenvalue weighted by Gasteiger charge is -2.41. The van der Waals surface area contributed by atoms with Gasteiger partial charge in [-0.2, -0.15) is 0 Å². The summed E-state index contributed by atoms with van der Waals surface area (Å²) < 4.78 is 31.4. The third kappa shape index (κ3) is 4.45. The molecule has 2 aromatic carbocycles. The number of anilines is 1. The maximum Gasteiger partial charge on any atom is 0.218 e. The number of halogens is 1. The van der Waals surface area contributed by atoms with Crippen LogP contribution in [0, 0.1) is 18.7 Å². The van der Waals surface area contributed by atoms with E-state index in [1.807, 2.05) is 4.90 Å². The van der Waals surface area contributed by atoms with Crippen LogP contribution in [0.2, 0.25) is 0 Å². The summed E-state index contributed by atoms with van der Waals surface area (Å²) in [6.07, 6.45) is -0.287. The van der Waals surface area contributed by atoms with Crippen molar-refractivity contribution in [3.8, 4) is 17.2 Å². The molecule has 1 fully saturated rings. The van der Waals surface area contributed by atoms with Crippen LogP contribution in [0.4, 0.5) is 10.1 Å². The Morgan fingerprint density at radius 1 is 1.33 bits per heavy atom. The summed E-state index contributed by atoms with van der Waals surface area (Å²) in [6.45, 7) is 5.47. The van der Waals surface area contributed by atoms with Crippen LogP contribution in [0.1, 0.15) is 29.3 Å². The molecule has 0 aliphatic carbocycles. The highest BCUT2D eigenvalue weighted by Gasteiger charge is 2.49. The summed E-state index contributed by atoms with van der Waals surface area (Å²) in [4.78, 5) is 27.2. The number of nitrogens with two attached hydrogens (primary N) is 1. The number of phenols is 1. The number of nitrogens with zero attached hydrogens (tertiary/aromatic N) is 1. The second-order valence-electron chi connectivity index (χ2n) is 8.59. The maximum atomic E-state index is 13.9. The monoisotopic (exact) mass is 458 g/mol. The number of carbonyl (C=O) groups excluding carboxylic acids is 2. The number of primary amides is 1. The summed E-state index contributed by atoms with van der Waals surface area (Å²) in [5, 5.41) is 10.7. The van der Waals surface area contributed by atoms with E-state index in [0.29, 0.717) is 43.3 Å². The minimum Gasteiger partial charge on any atom is -0.507 e. The van der Waals surface area contributed by atoms with Gasteiger partial charge in [-0.05, 0) is 26.0 Å². The van der Waals surface area contributed by atoms with Crippen LogP contribution in [0.25, 0.3) is 0 Å². The predicted molar refractivity (Wildman–Crippen MR) is 118 cm³/mol. The van der Waals surface area contributed by atoms with E-state index in [2.05, 4.69) is 0 Å². The van der Waals surface area contributed by atoms with Crippen molar-refractivity contribution >= 4 is 17.4 Å². The third-order valence-corrected chi connectivity index (χ3v) is 6.22. The third-order valence-electron chi connectivity index (χ3n) is 6.22. The lowest BCUT2D eigenvalue weighted by atomic mass is 9.78. The highest BCUT2D eigenvalue weighted by atomic mass is 19.1. The van der Waals surface area contributed by atoms with E-state index in [9.17, 15) is 19.1 Å². The summed E-state index contributed by atoms with van der Waals surface area (Å²) in [6, 6.07) is 7.68. The number of hydrogen-bond donors (Lipinski definition) is 2. The van der Waals surface area contributed by atoms with Crippen molar-refractivity contribution in [3.63, 3.8) is 0 Å². The Hall–Kier alpha value is -3.33. The molecule has 0 bridgehead atoms. The Balaban J connectivity index is 1.69. The second-order valence-corrected chi connectivity index (χ2v) is 8.59. The first-order valence-corrected chi connectivity index (χ1v) is 10.8. The minimum atomic E-state index is -1.28. The number of Topliss-reactive ketones (excluding diaryl/α,β-unsaturated/α-hetero) is 1. The fourth-order valence-electron chi connectivity index (χ4n) is 4.30. The van der Waals surface area contributed by atoms with Crippen LogP contribution in [0.15, 0.2) is 30.3 Å². The highest BCUT2D eigenvalue weighted by Crippen LogP contribution is 2.45. The molecule has 0 radical (unpaired) electrons. The van der Waals surface area contributed by atoms with Gasteiger partial charge >= 0.3 is 0 Å². The number of hydrogen-bond acceptors (Lipinski definition) is 7. The van der Waals surface area contributed by atoms with E-state index in [1.165, 1.54) is 18.2 Å². The quantitative estimate of drug-likeness (QED) is 0.684. The molecule has 4 rings (SSSR count). The van der Waals surface area contributed by atoms with E-state index >= 15 is 0 Å². The lowest BCUT2D eigenvalue weighted by Crippen LogP contribution is -2.53. The van der Waals surface area contributed by atoms with Crippen LogP contribution in [0.5, 0.6) is 17.2 Å². The Bertz CT molecular complexity index is 1080. The molecule has 8 nitrogen and oxygen atoms in total. The smallest absolute Gasteiger partial charge is 0.218 e. The molecule has 0 aromatic heterocycles. The van der Waals surface area contributed by atoms with Crippen molar-refractivity contribution < 1.29 is 33.3 Å². The van der Waals surface area contributed by atoms with Gasteiger partial charge in [0.05, 0.1) is 19.1 Å². The van der Waals surface area contributed by atoms with Crippen LogP contribution < -0.4 is 20.1 Å². The number of aromatic hydroxyl groups is 1. The molecular weight excluding hydrogens is 431 g/mol. The lowest BCUT2D eigenvalue weighted by molar-refractivity contribution is -0.121. The van der Waals surface area contributed by atoms with Gasteiger partial charge in [0, 0.05) is 42.9 Å². The average molecular weight is 458 g/mol. The Morgan fingerprint density at radius 2 is 2.06 bits per heavy atom. The number of amides is 1. The highest BCUT2D eigenvalue weighted by molar-refractivity contribution is 6.06. The van der Waals surface area contributed by atoms with Gasteiger partial charge in [-0.25, -0.2) is 4.39 Å². The van der Waals surface area contributed by atoms with E-state index in [1.54, 1.807) is 26.0 Å². The van der Waals surface area contributed by atoms with Crippen molar-refractivity contribution in [3.05, 3.63) is 47.3 Å². The van der Waals surface area contributed by atoms with Gasteiger partial charge in [0.15, 0.2) is 11.4 Å². The van der Waals surface area contributed by atoms with Crippen molar-refractivity contribution in [1.29, 1.82) is 0 Å². The van der Waals surface area contributed by atoms with Crippen molar-refractivity contribution in [2.24, 2.45) is 11.7 Å². The topological polar surface area (TPSA) is 111 Å². The molecular formula is C24H27FN2O6. The first kappa shape index (κ1) is 22.8. The van der Waals surface area contributed by atoms with Gasteiger partial charge in [0.25, 0.3) is 0 Å². The average Bonchev–Trinajstić information content (AvgIpc) is 2.77. The molecule has 2 heterocycles. The van der Waals surface area contributed by atoms with E-state index in [-0.39, 0.29) is 30.1 Å². The van der Waals surface area contributed by atoms with E-state index in [4.69, 9.17) is 19.9 Å². The molecule has 1 amide bonds. The molecule has 0 spiro atoms. The molecule has 2 unspecified atom stereocenters. The van der Waals surface area contributed by atoms with Gasteiger partial charge in [-0.1, -0.05) is 6.07 Å². The van der Waals surface area contributed by atoms with Gasteiger partial charge in [-0.3, -0.25) is 9.59 Å². The molecule has 2 aromatic rings. The van der Waals surface area contributed by atoms with Crippen LogP contribution in [0.3, 0.4) is 0 Å². The van der Waals surface area contributed by atoms with Gasteiger partial charge in [-0.15, -0.1) is 0 Å². The van der Waals surface area contributed by atoms with Crippen LogP contribution >= 0.6 is 0 Å². The summed E-state index contributed by atoms with van der Waals surface area (Å²) in [7, 11) is 0. The molecule has 1 saturated heterocycles. The minimum absolute atomic E-state index is 0.0117. The summed E-state index contributed by atoms with van der Waals surface area (Å²) in [5.41, 5.74) is 5.16.